The Balaban J connectivity index is 2.54. The second kappa shape index (κ2) is 6.28. The SMILES string of the molecule is COc1cc(C=O)ccc1-c1ccc(C(C)(O)C(F)(F)F)cc1C. The second-order valence-electron chi connectivity index (χ2n) is 5.68. The van der Waals surface area contributed by atoms with Crippen LogP contribution in [0.1, 0.15) is 28.4 Å². The van der Waals surface area contributed by atoms with Crippen LogP contribution in [0.15, 0.2) is 36.4 Å². The van der Waals surface area contributed by atoms with Gasteiger partial charge in [0.25, 0.3) is 0 Å². The number of alkyl halides is 3. The summed E-state index contributed by atoms with van der Waals surface area (Å²) in [6, 6.07) is 8.88. The Labute approximate surface area is 137 Å². The first-order chi connectivity index (χ1) is 11.1. The van der Waals surface area contributed by atoms with Gasteiger partial charge in [0.1, 0.15) is 12.0 Å². The first-order valence-electron chi connectivity index (χ1n) is 7.15. The molecular formula is C18H17F3O3. The van der Waals surface area contributed by atoms with E-state index >= 15 is 0 Å². The summed E-state index contributed by atoms with van der Waals surface area (Å²) in [4.78, 5) is 10.8. The lowest BCUT2D eigenvalue weighted by Gasteiger charge is -2.27. The number of aldehydes is 1. The lowest BCUT2D eigenvalue weighted by Crippen LogP contribution is -2.39. The van der Waals surface area contributed by atoms with Crippen molar-refractivity contribution in [2.45, 2.75) is 25.6 Å². The average molecular weight is 338 g/mol. The van der Waals surface area contributed by atoms with E-state index in [0.29, 0.717) is 34.3 Å². The van der Waals surface area contributed by atoms with Gasteiger partial charge in [-0.3, -0.25) is 4.79 Å². The highest BCUT2D eigenvalue weighted by atomic mass is 19.4. The predicted molar refractivity (Wildman–Crippen MR) is 84.2 cm³/mol. The molecule has 0 bridgehead atoms. The van der Waals surface area contributed by atoms with Crippen LogP contribution < -0.4 is 4.74 Å². The molecule has 2 rings (SSSR count). The zero-order valence-corrected chi connectivity index (χ0v) is 13.4. The number of aryl methyl sites for hydroxylation is 1. The molecule has 0 aliphatic carbocycles. The van der Waals surface area contributed by atoms with Crippen molar-refractivity contribution in [3.8, 4) is 16.9 Å². The summed E-state index contributed by atoms with van der Waals surface area (Å²) in [5.41, 5.74) is -0.870. The van der Waals surface area contributed by atoms with Gasteiger partial charge in [-0.05, 0) is 42.7 Å². The highest BCUT2D eigenvalue weighted by Gasteiger charge is 2.51. The summed E-state index contributed by atoms with van der Waals surface area (Å²) in [7, 11) is 1.45. The quantitative estimate of drug-likeness (QED) is 0.848. The molecule has 1 N–H and O–H groups in total. The van der Waals surface area contributed by atoms with E-state index in [1.807, 2.05) is 0 Å². The molecule has 128 valence electrons. The van der Waals surface area contributed by atoms with Crippen LogP contribution in [-0.2, 0) is 5.60 Å². The van der Waals surface area contributed by atoms with E-state index in [0.717, 1.165) is 6.92 Å². The summed E-state index contributed by atoms with van der Waals surface area (Å²) < 4.78 is 44.2. The van der Waals surface area contributed by atoms with Gasteiger partial charge in [-0.1, -0.05) is 24.3 Å². The zero-order valence-electron chi connectivity index (χ0n) is 13.4. The number of hydrogen-bond acceptors (Lipinski definition) is 3. The van der Waals surface area contributed by atoms with Crippen LogP contribution in [0.4, 0.5) is 13.2 Å². The predicted octanol–water partition coefficient (Wildman–Crippen LogP) is 4.25. The number of methoxy groups -OCH3 is 1. The Kier molecular flexibility index (Phi) is 4.71. The molecule has 0 heterocycles. The largest absolute Gasteiger partial charge is 0.496 e. The second-order valence-corrected chi connectivity index (χ2v) is 5.68. The molecule has 0 saturated heterocycles. The highest BCUT2D eigenvalue weighted by Crippen LogP contribution is 2.40. The van der Waals surface area contributed by atoms with E-state index in [9.17, 15) is 23.1 Å². The standard InChI is InChI=1S/C18H17F3O3/c1-11-8-13(17(2,23)18(19,20)21)5-7-14(11)15-6-4-12(10-22)9-16(15)24-3/h4-10,23H,1-3H3. The molecule has 0 aliphatic heterocycles. The van der Waals surface area contributed by atoms with Gasteiger partial charge >= 0.3 is 6.18 Å². The average Bonchev–Trinajstić information content (AvgIpc) is 2.53. The third kappa shape index (κ3) is 3.14. The molecule has 0 saturated carbocycles. The normalized spacial score (nSPS) is 14.1. The Morgan fingerprint density at radius 3 is 2.21 bits per heavy atom. The number of aliphatic hydroxyl groups is 1. The molecule has 0 aliphatic rings. The molecule has 0 fully saturated rings. The summed E-state index contributed by atoms with van der Waals surface area (Å²) >= 11 is 0. The zero-order chi connectivity index (χ0) is 18.1. The monoisotopic (exact) mass is 338 g/mol. The van der Waals surface area contributed by atoms with Crippen LogP contribution in [0.3, 0.4) is 0 Å². The number of benzene rings is 2. The van der Waals surface area contributed by atoms with Crippen molar-refractivity contribution in [1.29, 1.82) is 0 Å². The summed E-state index contributed by atoms with van der Waals surface area (Å²) in [6.45, 7) is 2.37. The molecule has 24 heavy (non-hydrogen) atoms. The minimum Gasteiger partial charge on any atom is -0.496 e. The summed E-state index contributed by atoms with van der Waals surface area (Å²) in [5, 5.41) is 9.79. The van der Waals surface area contributed by atoms with Crippen molar-refractivity contribution in [2.75, 3.05) is 7.11 Å². The van der Waals surface area contributed by atoms with Gasteiger partial charge in [0.2, 0.25) is 0 Å². The molecule has 1 atom stereocenters. The Bertz CT molecular complexity index is 765. The lowest BCUT2D eigenvalue weighted by atomic mass is 9.90. The van der Waals surface area contributed by atoms with E-state index in [2.05, 4.69) is 0 Å². The third-order valence-corrected chi connectivity index (χ3v) is 3.99. The van der Waals surface area contributed by atoms with E-state index in [4.69, 9.17) is 4.74 Å². The lowest BCUT2D eigenvalue weighted by molar-refractivity contribution is -0.258. The van der Waals surface area contributed by atoms with Gasteiger partial charge < -0.3 is 9.84 Å². The first-order valence-corrected chi connectivity index (χ1v) is 7.15. The Morgan fingerprint density at radius 1 is 1.08 bits per heavy atom. The maximum atomic E-state index is 13.0. The fourth-order valence-corrected chi connectivity index (χ4v) is 2.44. The fourth-order valence-electron chi connectivity index (χ4n) is 2.44. The molecular weight excluding hydrogens is 321 g/mol. The van der Waals surface area contributed by atoms with Crippen molar-refractivity contribution in [3.05, 3.63) is 53.1 Å². The smallest absolute Gasteiger partial charge is 0.421 e. The van der Waals surface area contributed by atoms with Crippen LogP contribution in [-0.4, -0.2) is 24.7 Å². The molecule has 2 aromatic carbocycles. The minimum atomic E-state index is -4.77. The van der Waals surface area contributed by atoms with Crippen molar-refractivity contribution < 1.29 is 27.8 Å². The van der Waals surface area contributed by atoms with E-state index in [1.165, 1.54) is 25.3 Å². The van der Waals surface area contributed by atoms with Gasteiger partial charge in [-0.25, -0.2) is 0 Å². The van der Waals surface area contributed by atoms with E-state index in [-0.39, 0.29) is 5.56 Å². The molecule has 0 radical (unpaired) electrons. The topological polar surface area (TPSA) is 46.5 Å². The fraction of sp³-hybridized carbons (Fsp3) is 0.278. The van der Waals surface area contributed by atoms with Crippen molar-refractivity contribution in [1.82, 2.24) is 0 Å². The Hall–Kier alpha value is -2.34. The molecule has 0 spiro atoms. The van der Waals surface area contributed by atoms with Gasteiger partial charge in [0, 0.05) is 11.1 Å². The van der Waals surface area contributed by atoms with Crippen molar-refractivity contribution in [3.63, 3.8) is 0 Å². The molecule has 0 amide bonds. The van der Waals surface area contributed by atoms with Crippen LogP contribution in [0.5, 0.6) is 5.75 Å². The summed E-state index contributed by atoms with van der Waals surface area (Å²) in [6.07, 6.45) is -4.09. The maximum absolute atomic E-state index is 13.0. The first kappa shape index (κ1) is 18.0. The van der Waals surface area contributed by atoms with Crippen LogP contribution in [0, 0.1) is 6.92 Å². The molecule has 6 heteroatoms. The maximum Gasteiger partial charge on any atom is 0.421 e. The van der Waals surface area contributed by atoms with Crippen molar-refractivity contribution >= 4 is 6.29 Å². The summed E-state index contributed by atoms with van der Waals surface area (Å²) in [5.74, 6) is 0.443. The van der Waals surface area contributed by atoms with Gasteiger partial charge in [0.05, 0.1) is 7.11 Å². The van der Waals surface area contributed by atoms with Crippen molar-refractivity contribution in [2.24, 2.45) is 0 Å². The number of ether oxygens (including phenoxy) is 1. The van der Waals surface area contributed by atoms with E-state index < -0.39 is 11.8 Å². The molecule has 2 aromatic rings. The Morgan fingerprint density at radius 2 is 1.71 bits per heavy atom. The van der Waals surface area contributed by atoms with Crippen LogP contribution in [0.25, 0.3) is 11.1 Å². The van der Waals surface area contributed by atoms with Gasteiger partial charge in [-0.2, -0.15) is 13.2 Å². The number of rotatable bonds is 4. The van der Waals surface area contributed by atoms with Gasteiger partial charge in [-0.15, -0.1) is 0 Å². The molecule has 3 nitrogen and oxygen atoms in total. The number of hydrogen-bond donors (Lipinski definition) is 1. The van der Waals surface area contributed by atoms with Crippen LogP contribution >= 0.6 is 0 Å². The number of carbonyl (C=O) groups is 1. The minimum absolute atomic E-state index is 0.236. The number of carbonyl (C=O) groups excluding carboxylic acids is 1. The number of halogens is 3. The third-order valence-electron chi connectivity index (χ3n) is 3.99. The van der Waals surface area contributed by atoms with Crippen LogP contribution in [0.2, 0.25) is 0 Å². The molecule has 0 aromatic heterocycles. The highest BCUT2D eigenvalue weighted by molar-refractivity contribution is 5.81. The van der Waals surface area contributed by atoms with E-state index in [1.54, 1.807) is 25.1 Å². The molecule has 1 unspecified atom stereocenters. The van der Waals surface area contributed by atoms with Gasteiger partial charge in [0.15, 0.2) is 5.60 Å².